The molecule has 3 heterocycles. The Morgan fingerprint density at radius 3 is 2.79 bits per heavy atom. The van der Waals surface area contributed by atoms with Crippen molar-refractivity contribution in [2.45, 2.75) is 26.1 Å². The molecule has 4 rings (SSSR count). The van der Waals surface area contributed by atoms with Gasteiger partial charge in [0.15, 0.2) is 12.4 Å². The number of aromatic nitrogens is 5. The van der Waals surface area contributed by atoms with E-state index in [0.29, 0.717) is 30.9 Å². The molecule has 3 aromatic rings. The van der Waals surface area contributed by atoms with E-state index >= 15 is 0 Å². The number of amides is 1. The molecule has 144 valence electrons. The predicted octanol–water partition coefficient (Wildman–Crippen LogP) is 1.11. The maximum Gasteiger partial charge on any atom is 0.410 e. The number of benzene rings is 1. The summed E-state index contributed by atoms with van der Waals surface area (Å²) < 4.78 is 8.58. The molecule has 2 aromatic heterocycles. The fourth-order valence-corrected chi connectivity index (χ4v) is 3.16. The summed E-state index contributed by atoms with van der Waals surface area (Å²) in [5.74, 6) is 0.553. The van der Waals surface area contributed by atoms with Crippen LogP contribution in [0.4, 0.5) is 4.79 Å². The highest BCUT2D eigenvalue weighted by Crippen LogP contribution is 2.15. The van der Waals surface area contributed by atoms with Crippen molar-refractivity contribution in [3.05, 3.63) is 76.0 Å². The molecule has 0 radical (unpaired) electrons. The van der Waals surface area contributed by atoms with E-state index < -0.39 is 6.09 Å². The maximum atomic E-state index is 12.9. The van der Waals surface area contributed by atoms with Gasteiger partial charge in [0.05, 0.1) is 30.7 Å². The van der Waals surface area contributed by atoms with Crippen molar-refractivity contribution in [2.24, 2.45) is 7.05 Å². The third kappa shape index (κ3) is 3.64. The first-order valence-electron chi connectivity index (χ1n) is 8.97. The van der Waals surface area contributed by atoms with Crippen LogP contribution in [0.2, 0.25) is 0 Å². The quantitative estimate of drug-likeness (QED) is 0.673. The number of aryl methyl sites for hydroxylation is 1. The molecule has 0 aliphatic carbocycles. The number of nitrogens with zero attached hydrogens (tertiary/aromatic N) is 6. The van der Waals surface area contributed by atoms with Gasteiger partial charge in [0.2, 0.25) is 0 Å². The van der Waals surface area contributed by atoms with E-state index in [1.807, 2.05) is 30.3 Å². The van der Waals surface area contributed by atoms with E-state index in [4.69, 9.17) is 4.74 Å². The van der Waals surface area contributed by atoms with E-state index in [9.17, 15) is 9.59 Å². The highest BCUT2D eigenvalue weighted by Gasteiger charge is 2.26. The fourth-order valence-electron chi connectivity index (χ4n) is 3.16. The summed E-state index contributed by atoms with van der Waals surface area (Å²) in [7, 11) is 1.78. The van der Waals surface area contributed by atoms with Crippen LogP contribution in [0.5, 0.6) is 0 Å². The molecule has 0 atom stereocenters. The lowest BCUT2D eigenvalue weighted by Gasteiger charge is -2.27. The van der Waals surface area contributed by atoms with Gasteiger partial charge in [-0.25, -0.2) is 9.78 Å². The summed E-state index contributed by atoms with van der Waals surface area (Å²) in [6, 6.07) is 9.72. The lowest BCUT2D eigenvalue weighted by Crippen LogP contribution is -2.41. The Balaban J connectivity index is 1.47. The van der Waals surface area contributed by atoms with Crippen LogP contribution in [0.15, 0.2) is 47.8 Å². The minimum Gasteiger partial charge on any atom is -0.441 e. The molecular formula is C19H20N6O3. The summed E-state index contributed by atoms with van der Waals surface area (Å²) in [5.41, 5.74) is 2.17. The number of rotatable bonds is 4. The van der Waals surface area contributed by atoms with Crippen LogP contribution in [-0.4, -0.2) is 41.9 Å². The first kappa shape index (κ1) is 17.9. The molecule has 28 heavy (non-hydrogen) atoms. The van der Waals surface area contributed by atoms with Gasteiger partial charge in [0, 0.05) is 20.0 Å². The Hall–Kier alpha value is -3.49. The molecule has 1 aromatic carbocycles. The Bertz CT molecular complexity index is 1040. The summed E-state index contributed by atoms with van der Waals surface area (Å²) in [6.45, 7) is 1.12. The van der Waals surface area contributed by atoms with Gasteiger partial charge in [0.25, 0.3) is 5.56 Å². The van der Waals surface area contributed by atoms with Gasteiger partial charge in [0.1, 0.15) is 6.33 Å². The Morgan fingerprint density at radius 2 is 2.04 bits per heavy atom. The summed E-state index contributed by atoms with van der Waals surface area (Å²) in [4.78, 5) is 31.3. The van der Waals surface area contributed by atoms with Crippen LogP contribution in [0.3, 0.4) is 0 Å². The van der Waals surface area contributed by atoms with Crippen LogP contribution < -0.4 is 5.56 Å². The summed E-state index contributed by atoms with van der Waals surface area (Å²) in [5, 5.41) is 7.64. The monoisotopic (exact) mass is 380 g/mol. The van der Waals surface area contributed by atoms with E-state index in [0.717, 1.165) is 11.3 Å². The van der Waals surface area contributed by atoms with Crippen molar-refractivity contribution in [2.75, 3.05) is 6.54 Å². The van der Waals surface area contributed by atoms with Gasteiger partial charge in [-0.1, -0.05) is 30.3 Å². The SMILES string of the molecule is Cn1cnnc1COC(=O)N1CCc2ncn(Cc3ccccc3)c(=O)c2C1. The number of hydrogen-bond acceptors (Lipinski definition) is 6. The highest BCUT2D eigenvalue weighted by molar-refractivity contribution is 5.68. The second-order valence-corrected chi connectivity index (χ2v) is 6.67. The normalized spacial score (nSPS) is 13.2. The van der Waals surface area contributed by atoms with E-state index in [2.05, 4.69) is 15.2 Å². The third-order valence-corrected chi connectivity index (χ3v) is 4.77. The van der Waals surface area contributed by atoms with Crippen molar-refractivity contribution >= 4 is 6.09 Å². The van der Waals surface area contributed by atoms with E-state index in [1.165, 1.54) is 4.90 Å². The Kier molecular flexibility index (Phi) is 4.88. The van der Waals surface area contributed by atoms with Crippen molar-refractivity contribution < 1.29 is 9.53 Å². The molecule has 9 nitrogen and oxygen atoms in total. The van der Waals surface area contributed by atoms with Crippen LogP contribution >= 0.6 is 0 Å². The molecule has 0 N–H and O–H groups in total. The van der Waals surface area contributed by atoms with Gasteiger partial charge in [-0.15, -0.1) is 10.2 Å². The van der Waals surface area contributed by atoms with Crippen LogP contribution in [0.25, 0.3) is 0 Å². The van der Waals surface area contributed by atoms with Gasteiger partial charge in [-0.2, -0.15) is 0 Å². The number of fused-ring (bicyclic) bond motifs is 1. The molecule has 9 heteroatoms. The molecule has 0 saturated heterocycles. The van der Waals surface area contributed by atoms with Crippen molar-refractivity contribution in [3.8, 4) is 0 Å². The first-order chi connectivity index (χ1) is 13.6. The van der Waals surface area contributed by atoms with Crippen LogP contribution in [0.1, 0.15) is 22.6 Å². The average molecular weight is 380 g/mol. The molecule has 0 saturated carbocycles. The van der Waals surface area contributed by atoms with E-state index in [1.54, 1.807) is 28.8 Å². The summed E-state index contributed by atoms with van der Waals surface area (Å²) >= 11 is 0. The zero-order valence-electron chi connectivity index (χ0n) is 15.5. The second-order valence-electron chi connectivity index (χ2n) is 6.67. The fraction of sp³-hybridized carbons (Fsp3) is 0.316. The van der Waals surface area contributed by atoms with Crippen LogP contribution in [-0.2, 0) is 37.9 Å². The van der Waals surface area contributed by atoms with Crippen molar-refractivity contribution in [3.63, 3.8) is 0 Å². The van der Waals surface area contributed by atoms with Crippen LogP contribution in [0, 0.1) is 0 Å². The molecular weight excluding hydrogens is 360 g/mol. The zero-order valence-corrected chi connectivity index (χ0v) is 15.5. The predicted molar refractivity (Wildman–Crippen MR) is 99.3 cm³/mol. The van der Waals surface area contributed by atoms with Gasteiger partial charge in [-0.3, -0.25) is 9.36 Å². The van der Waals surface area contributed by atoms with Crippen molar-refractivity contribution in [1.29, 1.82) is 0 Å². The van der Waals surface area contributed by atoms with Gasteiger partial charge in [-0.05, 0) is 5.56 Å². The third-order valence-electron chi connectivity index (χ3n) is 4.77. The minimum atomic E-state index is -0.480. The standard InChI is InChI=1S/C19H20N6O3/c1-23-13-21-22-17(23)11-28-19(27)24-8-7-16-15(10-24)18(26)25(12-20-16)9-14-5-3-2-4-6-14/h2-6,12-13H,7-11H2,1H3. The van der Waals surface area contributed by atoms with Gasteiger partial charge < -0.3 is 14.2 Å². The molecule has 0 bridgehead atoms. The number of carbonyl (C=O) groups is 1. The van der Waals surface area contributed by atoms with E-state index in [-0.39, 0.29) is 18.7 Å². The molecule has 0 unspecified atom stereocenters. The lowest BCUT2D eigenvalue weighted by molar-refractivity contribution is 0.0883. The topological polar surface area (TPSA) is 95.1 Å². The molecule has 1 amide bonds. The molecule has 1 aliphatic rings. The number of ether oxygens (including phenoxy) is 1. The second kappa shape index (κ2) is 7.63. The smallest absolute Gasteiger partial charge is 0.410 e. The Labute approximate surface area is 161 Å². The minimum absolute atomic E-state index is 0.0317. The summed E-state index contributed by atoms with van der Waals surface area (Å²) in [6.07, 6.45) is 3.17. The molecule has 0 spiro atoms. The highest BCUT2D eigenvalue weighted by atomic mass is 16.6. The Morgan fingerprint density at radius 1 is 1.21 bits per heavy atom. The average Bonchev–Trinajstić information content (AvgIpc) is 3.13. The number of carbonyl (C=O) groups excluding carboxylic acids is 1. The molecule has 1 aliphatic heterocycles. The number of hydrogen-bond donors (Lipinski definition) is 0. The maximum absolute atomic E-state index is 12.9. The molecule has 0 fully saturated rings. The first-order valence-corrected chi connectivity index (χ1v) is 8.97. The van der Waals surface area contributed by atoms with Crippen molar-refractivity contribution in [1.82, 2.24) is 29.2 Å². The largest absolute Gasteiger partial charge is 0.441 e. The zero-order chi connectivity index (χ0) is 19.5. The van der Waals surface area contributed by atoms with Gasteiger partial charge >= 0.3 is 6.09 Å². The lowest BCUT2D eigenvalue weighted by atomic mass is 10.1.